The molecule has 2 heterocycles. The smallest absolute Gasteiger partial charge is 0.280 e. The molecule has 6 atom stereocenters. The van der Waals surface area contributed by atoms with E-state index >= 15 is 0 Å². The molecule has 2 fully saturated rings. The summed E-state index contributed by atoms with van der Waals surface area (Å²) in [5, 5.41) is 24.4. The lowest BCUT2D eigenvalue weighted by molar-refractivity contribution is -0.161. The van der Waals surface area contributed by atoms with Crippen LogP contribution in [-0.4, -0.2) is 56.9 Å². The molecule has 3 aromatic carbocycles. The van der Waals surface area contributed by atoms with Crippen LogP contribution in [0.1, 0.15) is 23.9 Å². The average Bonchev–Trinajstić information content (AvgIpc) is 3.70. The maximum Gasteiger partial charge on any atom is 0.280 e. The van der Waals surface area contributed by atoms with Gasteiger partial charge >= 0.3 is 0 Å². The molecule has 8 heteroatoms. The Hall–Kier alpha value is -3.56. The lowest BCUT2D eigenvalue weighted by atomic mass is 9.83. The molecule has 8 nitrogen and oxygen atoms in total. The number of hydrogen-bond acceptors (Lipinski definition) is 7. The Morgan fingerprint density at radius 1 is 0.821 bits per heavy atom. The van der Waals surface area contributed by atoms with Gasteiger partial charge in [-0.05, 0) is 23.3 Å². The predicted molar refractivity (Wildman–Crippen MR) is 148 cm³/mol. The van der Waals surface area contributed by atoms with Crippen LogP contribution in [-0.2, 0) is 29.1 Å². The maximum atomic E-state index is 13.8. The monoisotopic (exact) mass is 527 g/mol. The van der Waals surface area contributed by atoms with Crippen molar-refractivity contribution in [1.82, 2.24) is 9.66 Å². The van der Waals surface area contributed by atoms with Gasteiger partial charge in [0.2, 0.25) is 0 Å². The Labute approximate surface area is 227 Å². The Balaban J connectivity index is 1.38. The van der Waals surface area contributed by atoms with Crippen LogP contribution in [0.5, 0.6) is 0 Å². The van der Waals surface area contributed by atoms with E-state index in [4.69, 9.17) is 14.5 Å². The van der Waals surface area contributed by atoms with E-state index in [-0.39, 0.29) is 24.2 Å². The van der Waals surface area contributed by atoms with Crippen LogP contribution < -0.4 is 10.6 Å². The van der Waals surface area contributed by atoms with Crippen LogP contribution in [0.2, 0.25) is 0 Å². The zero-order valence-electron chi connectivity index (χ0n) is 21.8. The van der Waals surface area contributed by atoms with E-state index in [0.717, 1.165) is 11.1 Å². The first-order chi connectivity index (χ1) is 19.1. The Morgan fingerprint density at radius 3 is 2.03 bits per heavy atom. The van der Waals surface area contributed by atoms with Crippen LogP contribution in [0.3, 0.4) is 0 Å². The minimum atomic E-state index is -0.986. The lowest BCUT2D eigenvalue weighted by Gasteiger charge is -2.37. The Morgan fingerprint density at radius 2 is 1.41 bits per heavy atom. The summed E-state index contributed by atoms with van der Waals surface area (Å²) in [6.45, 7) is 2.34. The van der Waals surface area contributed by atoms with Gasteiger partial charge in [0.1, 0.15) is 18.0 Å². The second-order valence-corrected chi connectivity index (χ2v) is 10.2. The number of hydrogen-bond donors (Lipinski definition) is 2. The van der Waals surface area contributed by atoms with Crippen LogP contribution >= 0.6 is 0 Å². The third kappa shape index (κ3) is 4.74. The molecule has 4 aromatic rings. The van der Waals surface area contributed by atoms with E-state index < -0.39 is 24.2 Å². The van der Waals surface area contributed by atoms with Gasteiger partial charge in [0.15, 0.2) is 0 Å². The molecule has 2 N–H and O–H groups in total. The second-order valence-electron chi connectivity index (χ2n) is 10.2. The number of fused-ring (bicyclic) bond motifs is 2. The number of aliphatic hydroxyl groups is 2. The number of aliphatic hydroxyl groups excluding tert-OH is 2. The van der Waals surface area contributed by atoms with Gasteiger partial charge in [0.05, 0.1) is 48.9 Å². The molecule has 6 rings (SSSR count). The number of ether oxygens (including phenoxy) is 2. The second kappa shape index (κ2) is 10.9. The van der Waals surface area contributed by atoms with Gasteiger partial charge in [0, 0.05) is 12.3 Å². The summed E-state index contributed by atoms with van der Waals surface area (Å²) in [5.74, 6) is 0.110. The molecule has 1 saturated heterocycles. The molecule has 39 heavy (non-hydrogen) atoms. The molecular weight excluding hydrogens is 494 g/mol. The van der Waals surface area contributed by atoms with E-state index in [2.05, 4.69) is 0 Å². The van der Waals surface area contributed by atoms with E-state index in [1.165, 1.54) is 0 Å². The Kier molecular flexibility index (Phi) is 7.18. The fraction of sp³-hybridized carbons (Fsp3) is 0.355. The highest BCUT2D eigenvalue weighted by atomic mass is 16.6. The molecule has 0 spiro atoms. The van der Waals surface area contributed by atoms with Crippen molar-refractivity contribution in [3.8, 4) is 0 Å². The molecule has 0 amide bonds. The summed E-state index contributed by atoms with van der Waals surface area (Å²) in [7, 11) is 0. The number of nitrogens with zero attached hydrogens (tertiary/aromatic N) is 3. The minimum absolute atomic E-state index is 0.165. The van der Waals surface area contributed by atoms with Crippen LogP contribution in [0.4, 0.5) is 0 Å². The summed E-state index contributed by atoms with van der Waals surface area (Å²) < 4.78 is 14.5. The van der Waals surface area contributed by atoms with Crippen molar-refractivity contribution in [3.63, 3.8) is 0 Å². The average molecular weight is 528 g/mol. The summed E-state index contributed by atoms with van der Waals surface area (Å²) in [5.41, 5.74) is 2.47. The molecular formula is C31H33N3O5. The van der Waals surface area contributed by atoms with Gasteiger partial charge in [-0.1, -0.05) is 79.7 Å². The van der Waals surface area contributed by atoms with Crippen LogP contribution in [0.25, 0.3) is 10.9 Å². The minimum Gasteiger partial charge on any atom is -0.396 e. The molecule has 1 saturated carbocycles. The largest absolute Gasteiger partial charge is 0.396 e. The van der Waals surface area contributed by atoms with Gasteiger partial charge in [0.25, 0.3) is 5.56 Å². The van der Waals surface area contributed by atoms with Crippen molar-refractivity contribution in [2.75, 3.05) is 11.6 Å². The van der Waals surface area contributed by atoms with Crippen LogP contribution in [0, 0.1) is 5.92 Å². The molecule has 2 unspecified atom stereocenters. The number of rotatable bonds is 9. The first-order valence-electron chi connectivity index (χ1n) is 13.5. The molecule has 2 aliphatic rings. The third-order valence-corrected chi connectivity index (χ3v) is 7.89. The normalized spacial score (nSPS) is 26.0. The van der Waals surface area contributed by atoms with Gasteiger partial charge in [-0.15, -0.1) is 0 Å². The van der Waals surface area contributed by atoms with Crippen molar-refractivity contribution in [1.29, 1.82) is 0 Å². The topological polar surface area (TPSA) is 96.8 Å². The molecule has 1 aromatic heterocycles. The summed E-state index contributed by atoms with van der Waals surface area (Å²) in [6.07, 6.45) is -1.68. The zero-order chi connectivity index (χ0) is 26.9. The van der Waals surface area contributed by atoms with E-state index in [1.54, 1.807) is 10.7 Å². The van der Waals surface area contributed by atoms with Crippen molar-refractivity contribution < 1.29 is 19.7 Å². The summed E-state index contributed by atoms with van der Waals surface area (Å²) in [6, 6.07) is 26.4. The van der Waals surface area contributed by atoms with Gasteiger partial charge in [-0.3, -0.25) is 9.80 Å². The fourth-order valence-electron chi connectivity index (χ4n) is 5.92. The molecule has 0 radical (unpaired) electrons. The quantitative estimate of drug-likeness (QED) is 0.323. The first-order valence-corrected chi connectivity index (χ1v) is 13.5. The van der Waals surface area contributed by atoms with Gasteiger partial charge < -0.3 is 19.7 Å². The van der Waals surface area contributed by atoms with Crippen molar-refractivity contribution >= 4 is 10.9 Å². The number of aromatic nitrogens is 2. The molecule has 0 bridgehead atoms. The van der Waals surface area contributed by atoms with E-state index in [1.807, 2.05) is 90.8 Å². The van der Waals surface area contributed by atoms with Gasteiger partial charge in [-0.2, -0.15) is 0 Å². The summed E-state index contributed by atoms with van der Waals surface area (Å²) in [4.78, 5) is 18.6. The number of benzene rings is 3. The zero-order valence-corrected chi connectivity index (χ0v) is 21.8. The SMILES string of the molecule is CCc1nc2ccccc2c(=O)n1N1C2C1[C@H](OCc1ccccc1)[C@@H](OCc1ccccc1)[C@@H](O)[C@H]2CO. The lowest BCUT2D eigenvalue weighted by Crippen LogP contribution is -2.54. The Bertz CT molecular complexity index is 1480. The van der Waals surface area contributed by atoms with E-state index in [9.17, 15) is 15.0 Å². The van der Waals surface area contributed by atoms with Crippen molar-refractivity contribution in [2.45, 2.75) is 57.0 Å². The first kappa shape index (κ1) is 25.7. The molecule has 1 aliphatic carbocycles. The molecule has 202 valence electrons. The number of aryl methyl sites for hydroxylation is 1. The predicted octanol–water partition coefficient (Wildman–Crippen LogP) is 2.80. The van der Waals surface area contributed by atoms with Crippen molar-refractivity contribution in [3.05, 3.63) is 112 Å². The highest BCUT2D eigenvalue weighted by Gasteiger charge is 2.66. The summed E-state index contributed by atoms with van der Waals surface area (Å²) >= 11 is 0. The van der Waals surface area contributed by atoms with Crippen molar-refractivity contribution in [2.24, 2.45) is 5.92 Å². The van der Waals surface area contributed by atoms with Gasteiger partial charge in [-0.25, -0.2) is 9.66 Å². The highest BCUT2D eigenvalue weighted by Crippen LogP contribution is 2.45. The van der Waals surface area contributed by atoms with Crippen LogP contribution in [0.15, 0.2) is 89.7 Å². The number of para-hydroxylation sites is 1. The third-order valence-electron chi connectivity index (χ3n) is 7.89. The molecule has 1 aliphatic heterocycles. The highest BCUT2D eigenvalue weighted by molar-refractivity contribution is 5.77. The maximum absolute atomic E-state index is 13.8. The van der Waals surface area contributed by atoms with E-state index in [0.29, 0.717) is 36.4 Å². The fourth-order valence-corrected chi connectivity index (χ4v) is 5.92. The standard InChI is InChI=1S/C31H33N3O5/c1-2-25-32-24-16-10-9-15-22(24)31(37)33(25)34-26-23(17-35)28(36)30(39-19-21-13-7-4-8-14-21)29(27(26)34)38-18-20-11-5-3-6-12-20/h3-16,23,26-30,35-36H,2,17-19H2,1H3/t23-,26?,27?,28-,29-,30-,34?/m0/s1.